The van der Waals surface area contributed by atoms with Crippen molar-refractivity contribution in [2.24, 2.45) is 0 Å². The van der Waals surface area contributed by atoms with Crippen LogP contribution in [0.5, 0.6) is 5.75 Å². The third-order valence-electron chi connectivity index (χ3n) is 2.57. The summed E-state index contributed by atoms with van der Waals surface area (Å²) in [5, 5.41) is 22.8. The van der Waals surface area contributed by atoms with Gasteiger partial charge in [-0.25, -0.2) is 0 Å². The number of carbonyl (C=O) groups is 1. The van der Waals surface area contributed by atoms with E-state index in [2.05, 4.69) is 5.32 Å². The molecule has 21 heavy (non-hydrogen) atoms. The summed E-state index contributed by atoms with van der Waals surface area (Å²) in [5.41, 5.74) is -0.199. The van der Waals surface area contributed by atoms with Gasteiger partial charge in [0, 0.05) is 11.6 Å². The van der Waals surface area contributed by atoms with Gasteiger partial charge in [0.05, 0.1) is 11.5 Å². The van der Waals surface area contributed by atoms with E-state index in [1.807, 2.05) is 20.8 Å². The van der Waals surface area contributed by atoms with E-state index in [0.29, 0.717) is 5.56 Å². The molecule has 1 unspecified atom stereocenters. The summed E-state index contributed by atoms with van der Waals surface area (Å²) in [6.45, 7) is 6.72. The number of benzene rings is 1. The first-order valence-electron chi connectivity index (χ1n) is 6.51. The second-order valence-corrected chi connectivity index (χ2v) is 5.72. The normalized spacial score (nSPS) is 12.6. The fourth-order valence-corrected chi connectivity index (χ4v) is 1.62. The number of hydrogen-bond donors (Lipinski definition) is 2. The Morgan fingerprint density at radius 3 is 2.57 bits per heavy atom. The minimum absolute atomic E-state index is 0.0388. The van der Waals surface area contributed by atoms with Crippen molar-refractivity contribution in [3.05, 3.63) is 33.9 Å². The zero-order valence-electron chi connectivity index (χ0n) is 12.5. The van der Waals surface area contributed by atoms with E-state index in [0.717, 1.165) is 0 Å². The molecule has 116 valence electrons. The van der Waals surface area contributed by atoms with Crippen LogP contribution in [-0.2, 0) is 11.4 Å². The number of ether oxygens (including phenoxy) is 1. The summed E-state index contributed by atoms with van der Waals surface area (Å²) in [7, 11) is 0. The average molecular weight is 296 g/mol. The number of hydrogen-bond acceptors (Lipinski definition) is 5. The van der Waals surface area contributed by atoms with Crippen LogP contribution in [-0.4, -0.2) is 27.6 Å². The topological polar surface area (TPSA) is 102 Å². The van der Waals surface area contributed by atoms with Gasteiger partial charge in [-0.15, -0.1) is 0 Å². The largest absolute Gasteiger partial charge is 0.474 e. The molecule has 7 nitrogen and oxygen atoms in total. The summed E-state index contributed by atoms with van der Waals surface area (Å²) in [4.78, 5) is 22.3. The number of aliphatic hydroxyl groups excluding tert-OH is 1. The van der Waals surface area contributed by atoms with Crippen LogP contribution < -0.4 is 10.1 Å². The Morgan fingerprint density at radius 1 is 1.48 bits per heavy atom. The van der Waals surface area contributed by atoms with Crippen molar-refractivity contribution >= 4 is 11.6 Å². The van der Waals surface area contributed by atoms with Gasteiger partial charge in [-0.05, 0) is 45.4 Å². The maximum atomic E-state index is 11.9. The maximum Gasteiger partial charge on any atom is 0.310 e. The van der Waals surface area contributed by atoms with Crippen molar-refractivity contribution in [1.82, 2.24) is 5.32 Å². The molecule has 1 atom stereocenters. The number of rotatable bonds is 5. The van der Waals surface area contributed by atoms with E-state index in [1.165, 1.54) is 25.1 Å². The Hall–Kier alpha value is -2.15. The van der Waals surface area contributed by atoms with Gasteiger partial charge in [0.25, 0.3) is 5.91 Å². The summed E-state index contributed by atoms with van der Waals surface area (Å²) >= 11 is 0. The molecule has 0 aliphatic heterocycles. The van der Waals surface area contributed by atoms with Crippen molar-refractivity contribution in [3.8, 4) is 5.75 Å². The molecule has 1 aromatic carbocycles. The summed E-state index contributed by atoms with van der Waals surface area (Å²) in [6.07, 6.45) is -0.892. The second kappa shape index (κ2) is 6.53. The molecule has 0 bridgehead atoms. The van der Waals surface area contributed by atoms with Gasteiger partial charge in [-0.2, -0.15) is 0 Å². The molecule has 0 radical (unpaired) electrons. The minimum Gasteiger partial charge on any atom is -0.474 e. The van der Waals surface area contributed by atoms with Crippen molar-refractivity contribution in [3.63, 3.8) is 0 Å². The summed E-state index contributed by atoms with van der Waals surface area (Å²) in [6, 6.07) is 4.04. The number of aliphatic hydroxyl groups is 1. The summed E-state index contributed by atoms with van der Waals surface area (Å²) in [5.74, 6) is -0.408. The number of amides is 1. The first-order valence-corrected chi connectivity index (χ1v) is 6.51. The van der Waals surface area contributed by atoms with Gasteiger partial charge >= 0.3 is 5.69 Å². The van der Waals surface area contributed by atoms with Crippen LogP contribution in [0.2, 0.25) is 0 Å². The van der Waals surface area contributed by atoms with Gasteiger partial charge in [0.2, 0.25) is 0 Å². The van der Waals surface area contributed by atoms with E-state index >= 15 is 0 Å². The van der Waals surface area contributed by atoms with Crippen molar-refractivity contribution in [2.75, 3.05) is 0 Å². The number of nitrogens with one attached hydrogen (secondary N) is 1. The third kappa shape index (κ3) is 5.03. The van der Waals surface area contributed by atoms with Crippen molar-refractivity contribution < 1.29 is 19.6 Å². The van der Waals surface area contributed by atoms with E-state index in [9.17, 15) is 14.9 Å². The lowest BCUT2D eigenvalue weighted by atomic mass is 10.1. The average Bonchev–Trinajstić information content (AvgIpc) is 2.36. The molecule has 0 heterocycles. The van der Waals surface area contributed by atoms with Gasteiger partial charge in [-0.1, -0.05) is 0 Å². The molecule has 7 heteroatoms. The van der Waals surface area contributed by atoms with E-state index in [-0.39, 0.29) is 24.0 Å². The molecule has 0 fully saturated rings. The molecule has 1 aromatic rings. The highest BCUT2D eigenvalue weighted by atomic mass is 16.6. The van der Waals surface area contributed by atoms with E-state index in [1.54, 1.807) is 0 Å². The lowest BCUT2D eigenvalue weighted by molar-refractivity contribution is -0.386. The molecule has 0 aliphatic carbocycles. The van der Waals surface area contributed by atoms with Gasteiger partial charge in [-0.3, -0.25) is 14.9 Å². The van der Waals surface area contributed by atoms with Gasteiger partial charge < -0.3 is 15.2 Å². The Balaban J connectivity index is 2.95. The molecular weight excluding hydrogens is 276 g/mol. The maximum absolute atomic E-state index is 11.9. The van der Waals surface area contributed by atoms with Crippen LogP contribution in [0.25, 0.3) is 0 Å². The molecular formula is C14H20N2O5. The molecule has 0 saturated carbocycles. The smallest absolute Gasteiger partial charge is 0.310 e. The van der Waals surface area contributed by atoms with Gasteiger partial charge in [0.15, 0.2) is 11.9 Å². The zero-order chi connectivity index (χ0) is 16.2. The molecule has 0 aromatic heterocycles. The molecule has 1 rings (SSSR count). The monoisotopic (exact) mass is 296 g/mol. The summed E-state index contributed by atoms with van der Waals surface area (Å²) < 4.78 is 5.39. The molecule has 2 N–H and O–H groups in total. The first kappa shape index (κ1) is 16.9. The van der Waals surface area contributed by atoms with Crippen LogP contribution in [0, 0.1) is 10.1 Å². The highest BCUT2D eigenvalue weighted by molar-refractivity contribution is 5.81. The van der Waals surface area contributed by atoms with Crippen LogP contribution in [0.4, 0.5) is 5.69 Å². The molecule has 0 saturated heterocycles. The number of nitrogens with zero attached hydrogens (tertiary/aromatic N) is 1. The van der Waals surface area contributed by atoms with Crippen LogP contribution in [0.1, 0.15) is 33.3 Å². The minimum atomic E-state index is -0.892. The Morgan fingerprint density at radius 2 is 2.10 bits per heavy atom. The molecule has 1 amide bonds. The van der Waals surface area contributed by atoms with E-state index < -0.39 is 16.6 Å². The number of nitro groups is 1. The van der Waals surface area contributed by atoms with Crippen molar-refractivity contribution in [1.29, 1.82) is 0 Å². The van der Waals surface area contributed by atoms with Crippen LogP contribution in [0.3, 0.4) is 0 Å². The Kier molecular flexibility index (Phi) is 5.26. The first-order chi connectivity index (χ1) is 9.64. The lowest BCUT2D eigenvalue weighted by Gasteiger charge is -2.23. The number of carbonyl (C=O) groups excluding carboxylic acids is 1. The Bertz CT molecular complexity index is 537. The highest BCUT2D eigenvalue weighted by Gasteiger charge is 2.24. The van der Waals surface area contributed by atoms with Gasteiger partial charge in [0.1, 0.15) is 0 Å². The number of nitro benzene ring substituents is 1. The standard InChI is InChI=1S/C14H20N2O5/c1-9(13(18)15-14(2,3)4)21-12-7-10(8-17)5-6-11(12)16(19)20/h5-7,9,17H,8H2,1-4H3,(H,15,18). The lowest BCUT2D eigenvalue weighted by Crippen LogP contribution is -2.46. The van der Waals surface area contributed by atoms with Crippen LogP contribution >= 0.6 is 0 Å². The van der Waals surface area contributed by atoms with E-state index in [4.69, 9.17) is 9.84 Å². The second-order valence-electron chi connectivity index (χ2n) is 5.72. The van der Waals surface area contributed by atoms with Crippen LogP contribution in [0.15, 0.2) is 18.2 Å². The molecule has 0 spiro atoms. The fraction of sp³-hybridized carbons (Fsp3) is 0.500. The Labute approximate surface area is 123 Å². The zero-order valence-corrected chi connectivity index (χ0v) is 12.5. The predicted molar refractivity (Wildman–Crippen MR) is 77.0 cm³/mol. The molecule has 0 aliphatic rings. The quantitative estimate of drug-likeness (QED) is 0.637. The third-order valence-corrected chi connectivity index (χ3v) is 2.57. The predicted octanol–water partition coefficient (Wildman–Crippen LogP) is 1.77. The van der Waals surface area contributed by atoms with Crippen molar-refractivity contribution in [2.45, 2.75) is 45.9 Å². The SMILES string of the molecule is CC(Oc1cc(CO)ccc1[N+](=O)[O-])C(=O)NC(C)(C)C. The highest BCUT2D eigenvalue weighted by Crippen LogP contribution is 2.29. The fourth-order valence-electron chi connectivity index (χ4n) is 1.62.